The molecule has 1 unspecified atom stereocenters. The number of amides is 1. The van der Waals surface area contributed by atoms with E-state index in [-0.39, 0.29) is 11.9 Å². The van der Waals surface area contributed by atoms with Gasteiger partial charge in [-0.2, -0.15) is 11.8 Å². The van der Waals surface area contributed by atoms with Crippen LogP contribution in [0.4, 0.5) is 0 Å². The number of nitrogens with two attached hydrogens (primary N) is 1. The number of nitrogens with zero attached hydrogens (tertiary/aromatic N) is 3. The number of thioether (sulfide) groups is 1. The molecule has 0 saturated heterocycles. The summed E-state index contributed by atoms with van der Waals surface area (Å²) in [5, 5.41) is 6.48. The van der Waals surface area contributed by atoms with Gasteiger partial charge in [0.25, 0.3) is 0 Å². The molecule has 6 nitrogen and oxygen atoms in total. The highest BCUT2D eigenvalue weighted by molar-refractivity contribution is 7.98. The van der Waals surface area contributed by atoms with Crippen LogP contribution >= 0.6 is 11.8 Å². The maximum atomic E-state index is 11.1. The minimum atomic E-state index is -0.315. The van der Waals surface area contributed by atoms with Crippen LogP contribution < -0.4 is 11.1 Å². The molecule has 0 radical (unpaired) electrons. The highest BCUT2D eigenvalue weighted by atomic mass is 32.2. The summed E-state index contributed by atoms with van der Waals surface area (Å²) in [6.07, 6.45) is 4.48. The van der Waals surface area contributed by atoms with Gasteiger partial charge in [-0.05, 0) is 43.3 Å². The lowest BCUT2D eigenvalue weighted by Crippen LogP contribution is -2.41. The SMILES string of the molecule is CSCCCC(NCCCN=[N+]=[N-])C(N)=O. The second kappa shape index (κ2) is 10.6. The van der Waals surface area contributed by atoms with Crippen LogP contribution in [0, 0.1) is 0 Å². The van der Waals surface area contributed by atoms with Gasteiger partial charge >= 0.3 is 0 Å². The number of primary amides is 1. The molecule has 0 aromatic carbocycles. The number of azide groups is 1. The van der Waals surface area contributed by atoms with Crippen molar-refractivity contribution in [3.63, 3.8) is 0 Å². The Morgan fingerprint density at radius 2 is 2.38 bits per heavy atom. The van der Waals surface area contributed by atoms with Crippen LogP contribution in [0.5, 0.6) is 0 Å². The van der Waals surface area contributed by atoms with E-state index < -0.39 is 0 Å². The molecule has 0 aliphatic carbocycles. The standard InChI is InChI=1S/C9H19N5OS/c1-16-7-2-4-8(9(10)15)12-5-3-6-13-14-11/h8,12H,2-7H2,1H3,(H2,10,15). The van der Waals surface area contributed by atoms with Crippen LogP contribution in [-0.2, 0) is 4.79 Å². The predicted octanol–water partition coefficient (Wildman–Crippen LogP) is 1.27. The largest absolute Gasteiger partial charge is 0.368 e. The van der Waals surface area contributed by atoms with E-state index in [9.17, 15) is 4.79 Å². The molecule has 0 aromatic heterocycles. The second-order valence-electron chi connectivity index (χ2n) is 3.35. The Labute approximate surface area is 100.0 Å². The van der Waals surface area contributed by atoms with Crippen molar-refractivity contribution in [3.05, 3.63) is 10.4 Å². The highest BCUT2D eigenvalue weighted by Crippen LogP contribution is 2.03. The van der Waals surface area contributed by atoms with Gasteiger partial charge in [0.15, 0.2) is 0 Å². The molecule has 16 heavy (non-hydrogen) atoms. The van der Waals surface area contributed by atoms with Crippen molar-refractivity contribution in [3.8, 4) is 0 Å². The van der Waals surface area contributed by atoms with Crippen molar-refractivity contribution in [1.82, 2.24) is 5.32 Å². The number of hydrogen-bond acceptors (Lipinski definition) is 4. The zero-order valence-electron chi connectivity index (χ0n) is 9.56. The molecular weight excluding hydrogens is 226 g/mol. The number of rotatable bonds is 10. The van der Waals surface area contributed by atoms with E-state index in [0.717, 1.165) is 25.0 Å². The first-order valence-corrected chi connectivity index (χ1v) is 6.64. The Hall–Kier alpha value is -0.910. The van der Waals surface area contributed by atoms with Crippen molar-refractivity contribution in [2.24, 2.45) is 10.8 Å². The predicted molar refractivity (Wildman–Crippen MR) is 67.2 cm³/mol. The van der Waals surface area contributed by atoms with Gasteiger partial charge in [0.05, 0.1) is 6.04 Å². The van der Waals surface area contributed by atoms with Crippen molar-refractivity contribution < 1.29 is 4.79 Å². The molecule has 0 bridgehead atoms. The smallest absolute Gasteiger partial charge is 0.234 e. The number of carbonyl (C=O) groups is 1. The molecule has 0 saturated carbocycles. The Kier molecular flexibility index (Phi) is 10.00. The molecule has 92 valence electrons. The normalized spacial score (nSPS) is 11.8. The Bertz CT molecular complexity index is 242. The fraction of sp³-hybridized carbons (Fsp3) is 0.889. The summed E-state index contributed by atoms with van der Waals surface area (Å²) in [6, 6.07) is -0.266. The van der Waals surface area contributed by atoms with Crippen LogP contribution in [0.15, 0.2) is 5.11 Å². The van der Waals surface area contributed by atoms with Crippen LogP contribution in [-0.4, -0.2) is 37.0 Å². The van der Waals surface area contributed by atoms with Crippen molar-refractivity contribution in [2.45, 2.75) is 25.3 Å². The lowest BCUT2D eigenvalue weighted by molar-refractivity contribution is -0.120. The maximum absolute atomic E-state index is 11.1. The molecule has 1 amide bonds. The van der Waals surface area contributed by atoms with Gasteiger partial charge in [-0.3, -0.25) is 4.79 Å². The van der Waals surface area contributed by atoms with Gasteiger partial charge in [0, 0.05) is 11.5 Å². The fourth-order valence-electron chi connectivity index (χ4n) is 1.25. The van der Waals surface area contributed by atoms with E-state index >= 15 is 0 Å². The highest BCUT2D eigenvalue weighted by Gasteiger charge is 2.12. The summed E-state index contributed by atoms with van der Waals surface area (Å²) < 4.78 is 0. The van der Waals surface area contributed by atoms with E-state index in [0.29, 0.717) is 13.1 Å². The van der Waals surface area contributed by atoms with Crippen LogP contribution in [0.3, 0.4) is 0 Å². The quantitative estimate of drug-likeness (QED) is 0.262. The zero-order chi connectivity index (χ0) is 12.2. The number of carbonyl (C=O) groups excluding carboxylic acids is 1. The van der Waals surface area contributed by atoms with Gasteiger partial charge in [0.1, 0.15) is 0 Å². The third-order valence-corrected chi connectivity index (χ3v) is 2.77. The Balaban J connectivity index is 3.67. The van der Waals surface area contributed by atoms with E-state index in [4.69, 9.17) is 11.3 Å². The van der Waals surface area contributed by atoms with E-state index in [1.165, 1.54) is 0 Å². The molecule has 0 aromatic rings. The summed E-state index contributed by atoms with van der Waals surface area (Å²) in [4.78, 5) is 13.7. The summed E-state index contributed by atoms with van der Waals surface area (Å²) in [6.45, 7) is 1.09. The molecular formula is C9H19N5OS. The summed E-state index contributed by atoms with van der Waals surface area (Å²) >= 11 is 1.76. The minimum Gasteiger partial charge on any atom is -0.368 e. The number of hydrogen-bond donors (Lipinski definition) is 2. The van der Waals surface area contributed by atoms with E-state index in [1.54, 1.807) is 11.8 Å². The molecule has 1 atom stereocenters. The first-order valence-electron chi connectivity index (χ1n) is 5.25. The summed E-state index contributed by atoms with van der Waals surface area (Å²) in [5.74, 6) is 0.717. The van der Waals surface area contributed by atoms with Gasteiger partial charge in [-0.15, -0.1) is 0 Å². The number of nitrogens with one attached hydrogen (secondary N) is 1. The summed E-state index contributed by atoms with van der Waals surface area (Å²) in [5.41, 5.74) is 13.3. The maximum Gasteiger partial charge on any atom is 0.234 e. The lowest BCUT2D eigenvalue weighted by Gasteiger charge is -2.14. The molecule has 7 heteroatoms. The van der Waals surface area contributed by atoms with Crippen molar-refractivity contribution in [1.29, 1.82) is 0 Å². The molecule has 0 aliphatic heterocycles. The summed E-state index contributed by atoms with van der Waals surface area (Å²) in [7, 11) is 0. The third kappa shape index (κ3) is 8.40. The second-order valence-corrected chi connectivity index (χ2v) is 4.34. The van der Waals surface area contributed by atoms with Crippen LogP contribution in [0.1, 0.15) is 19.3 Å². The molecule has 0 fully saturated rings. The molecule has 0 spiro atoms. The average molecular weight is 245 g/mol. The fourth-order valence-corrected chi connectivity index (χ4v) is 1.70. The molecule has 3 N–H and O–H groups in total. The molecule has 0 rings (SSSR count). The van der Waals surface area contributed by atoms with E-state index in [1.807, 2.05) is 6.26 Å². The van der Waals surface area contributed by atoms with Crippen molar-refractivity contribution >= 4 is 17.7 Å². The minimum absolute atomic E-state index is 0.266. The van der Waals surface area contributed by atoms with Crippen molar-refractivity contribution in [2.75, 3.05) is 25.1 Å². The van der Waals surface area contributed by atoms with Crippen LogP contribution in [0.25, 0.3) is 10.4 Å². The average Bonchev–Trinajstić information content (AvgIpc) is 2.26. The monoisotopic (exact) mass is 245 g/mol. The zero-order valence-corrected chi connectivity index (χ0v) is 10.4. The van der Waals surface area contributed by atoms with E-state index in [2.05, 4.69) is 15.3 Å². The van der Waals surface area contributed by atoms with Gasteiger partial charge in [-0.25, -0.2) is 0 Å². The first kappa shape index (κ1) is 15.1. The molecule has 0 aliphatic rings. The Morgan fingerprint density at radius 1 is 1.62 bits per heavy atom. The van der Waals surface area contributed by atoms with Gasteiger partial charge < -0.3 is 11.1 Å². The topological polar surface area (TPSA) is 104 Å². The molecule has 0 heterocycles. The van der Waals surface area contributed by atoms with Gasteiger partial charge in [-0.1, -0.05) is 5.11 Å². The lowest BCUT2D eigenvalue weighted by atomic mass is 10.1. The Morgan fingerprint density at radius 3 is 2.94 bits per heavy atom. The van der Waals surface area contributed by atoms with Crippen LogP contribution in [0.2, 0.25) is 0 Å². The first-order chi connectivity index (χ1) is 7.72. The van der Waals surface area contributed by atoms with Gasteiger partial charge in [0.2, 0.25) is 5.91 Å². The third-order valence-electron chi connectivity index (χ3n) is 2.07.